The van der Waals surface area contributed by atoms with Crippen molar-refractivity contribution in [3.63, 3.8) is 0 Å². The third-order valence-electron chi connectivity index (χ3n) is 5.35. The van der Waals surface area contributed by atoms with E-state index >= 15 is 0 Å². The van der Waals surface area contributed by atoms with Crippen LogP contribution >= 0.6 is 0 Å². The van der Waals surface area contributed by atoms with E-state index in [1.165, 1.54) is 12.1 Å². The maximum Gasteiger partial charge on any atom is 0.256 e. The summed E-state index contributed by atoms with van der Waals surface area (Å²) in [4.78, 5) is 12.9. The number of aromatic nitrogens is 2. The maximum absolute atomic E-state index is 12.7. The molecule has 1 aromatic heterocycles. The lowest BCUT2D eigenvalue weighted by Gasteiger charge is -2.30. The minimum Gasteiger partial charge on any atom is -0.481 e. The van der Waals surface area contributed by atoms with Gasteiger partial charge in [-0.1, -0.05) is 6.07 Å². The molecule has 0 bridgehead atoms. The molecule has 2 atom stereocenters. The molecule has 1 N–H and O–H groups in total. The number of amides is 1. The van der Waals surface area contributed by atoms with Crippen molar-refractivity contribution in [2.75, 3.05) is 25.3 Å². The summed E-state index contributed by atoms with van der Waals surface area (Å²) in [7, 11) is 0.0338. The van der Waals surface area contributed by atoms with Crippen molar-refractivity contribution in [2.24, 2.45) is 7.05 Å². The first kappa shape index (κ1) is 22.8. The zero-order valence-electron chi connectivity index (χ0n) is 18.7. The molecule has 2 unspecified atom stereocenters. The van der Waals surface area contributed by atoms with Gasteiger partial charge in [0.15, 0.2) is 27.4 Å². The highest BCUT2D eigenvalue weighted by Gasteiger charge is 2.47. The van der Waals surface area contributed by atoms with E-state index in [0.29, 0.717) is 22.9 Å². The zero-order valence-corrected chi connectivity index (χ0v) is 19.5. The first-order valence-electron chi connectivity index (χ1n) is 10.2. The van der Waals surface area contributed by atoms with E-state index in [1.54, 1.807) is 61.4 Å². The zero-order chi connectivity index (χ0) is 23.8. The number of anilines is 1. The molecule has 4 rings (SSSR count). The quantitative estimate of drug-likeness (QED) is 0.564. The molecule has 0 aliphatic carbocycles. The SMILES string of the molecule is COCC1(C)Oc2cc(C(=O)Nc3ccn(C)n3)ccc2C1Oc1ccc(S(C)(=O)=O)cc1. The maximum atomic E-state index is 12.7. The number of hydrogen-bond donors (Lipinski definition) is 1. The van der Waals surface area contributed by atoms with E-state index in [2.05, 4.69) is 10.4 Å². The third-order valence-corrected chi connectivity index (χ3v) is 6.48. The number of rotatable bonds is 7. The van der Waals surface area contributed by atoms with Gasteiger partial charge < -0.3 is 19.5 Å². The summed E-state index contributed by atoms with van der Waals surface area (Å²) in [5.74, 6) is 1.14. The Morgan fingerprint density at radius 3 is 2.55 bits per heavy atom. The van der Waals surface area contributed by atoms with Crippen LogP contribution in [0.25, 0.3) is 0 Å². The van der Waals surface area contributed by atoms with Crippen LogP contribution in [0.4, 0.5) is 5.82 Å². The number of carbonyl (C=O) groups is 1. The summed E-state index contributed by atoms with van der Waals surface area (Å²) in [5.41, 5.74) is 0.316. The predicted octanol–water partition coefficient (Wildman–Crippen LogP) is 2.99. The average molecular weight is 472 g/mol. The molecule has 0 radical (unpaired) electrons. The largest absolute Gasteiger partial charge is 0.481 e. The molecule has 3 aromatic rings. The van der Waals surface area contributed by atoms with Crippen LogP contribution in [-0.4, -0.2) is 49.7 Å². The van der Waals surface area contributed by atoms with Crippen molar-refractivity contribution in [1.82, 2.24) is 9.78 Å². The Kier molecular flexibility index (Phi) is 5.89. The van der Waals surface area contributed by atoms with Crippen molar-refractivity contribution in [3.05, 3.63) is 65.9 Å². The Bertz CT molecular complexity index is 1290. The Morgan fingerprint density at radius 1 is 1.21 bits per heavy atom. The van der Waals surface area contributed by atoms with Crippen molar-refractivity contribution < 1.29 is 27.4 Å². The molecule has 0 fully saturated rings. The fourth-order valence-corrected chi connectivity index (χ4v) is 4.40. The summed E-state index contributed by atoms with van der Waals surface area (Å²) >= 11 is 0. The van der Waals surface area contributed by atoms with Gasteiger partial charge in [-0.15, -0.1) is 0 Å². The van der Waals surface area contributed by atoms with Gasteiger partial charge in [0.25, 0.3) is 5.91 Å². The monoisotopic (exact) mass is 471 g/mol. The van der Waals surface area contributed by atoms with Crippen molar-refractivity contribution in [2.45, 2.75) is 23.5 Å². The topological polar surface area (TPSA) is 109 Å². The number of nitrogens with one attached hydrogen (secondary N) is 1. The van der Waals surface area contributed by atoms with Crippen molar-refractivity contribution >= 4 is 21.6 Å². The second kappa shape index (κ2) is 8.53. The van der Waals surface area contributed by atoms with Crippen LogP contribution in [0.2, 0.25) is 0 Å². The summed E-state index contributed by atoms with van der Waals surface area (Å²) in [6, 6.07) is 13.1. The number of ether oxygens (including phenoxy) is 3. The molecule has 0 spiro atoms. The molecule has 9 nitrogen and oxygen atoms in total. The smallest absolute Gasteiger partial charge is 0.256 e. The van der Waals surface area contributed by atoms with E-state index in [-0.39, 0.29) is 17.4 Å². The van der Waals surface area contributed by atoms with Gasteiger partial charge in [0.05, 0.1) is 11.5 Å². The second-order valence-corrected chi connectivity index (χ2v) is 10.2. The lowest BCUT2D eigenvalue weighted by atomic mass is 9.95. The lowest BCUT2D eigenvalue weighted by Crippen LogP contribution is -2.41. The van der Waals surface area contributed by atoms with Gasteiger partial charge in [0.1, 0.15) is 11.5 Å². The van der Waals surface area contributed by atoms with Crippen molar-refractivity contribution in [3.8, 4) is 11.5 Å². The lowest BCUT2D eigenvalue weighted by molar-refractivity contribution is -0.0514. The van der Waals surface area contributed by atoms with Gasteiger partial charge in [-0.3, -0.25) is 9.48 Å². The normalized spacial score (nSPS) is 19.6. The number of hydrogen-bond acceptors (Lipinski definition) is 7. The molecule has 1 aliphatic heterocycles. The van der Waals surface area contributed by atoms with E-state index in [4.69, 9.17) is 14.2 Å². The molecule has 33 heavy (non-hydrogen) atoms. The minimum atomic E-state index is -3.31. The number of sulfone groups is 1. The highest BCUT2D eigenvalue weighted by molar-refractivity contribution is 7.90. The van der Waals surface area contributed by atoms with Gasteiger partial charge in [-0.25, -0.2) is 8.42 Å². The first-order chi connectivity index (χ1) is 15.6. The van der Waals surface area contributed by atoms with Crippen LogP contribution in [0, 0.1) is 0 Å². The molecule has 0 saturated carbocycles. The number of benzene rings is 2. The Hall–Kier alpha value is -3.37. The highest BCUT2D eigenvalue weighted by atomic mass is 32.2. The Balaban J connectivity index is 1.60. The van der Waals surface area contributed by atoms with Gasteiger partial charge >= 0.3 is 0 Å². The fourth-order valence-electron chi connectivity index (χ4n) is 3.77. The molecule has 2 aromatic carbocycles. The Morgan fingerprint density at radius 2 is 1.94 bits per heavy atom. The number of carbonyl (C=O) groups excluding carboxylic acids is 1. The minimum absolute atomic E-state index is 0.209. The number of methoxy groups -OCH3 is 1. The molecular formula is C23H25N3O6S. The Labute approximate surface area is 192 Å². The number of fused-ring (bicyclic) bond motifs is 1. The number of aryl methyl sites for hydroxylation is 1. The van der Waals surface area contributed by atoms with Crippen LogP contribution in [-0.2, 0) is 21.6 Å². The van der Waals surface area contributed by atoms with Gasteiger partial charge in [-0.2, -0.15) is 5.10 Å². The molecule has 10 heteroatoms. The average Bonchev–Trinajstić information content (AvgIpc) is 3.27. The van der Waals surface area contributed by atoms with Crippen LogP contribution in [0.15, 0.2) is 59.6 Å². The van der Waals surface area contributed by atoms with E-state index < -0.39 is 21.5 Å². The molecular weight excluding hydrogens is 446 g/mol. The molecule has 1 amide bonds. The van der Waals surface area contributed by atoms with Crippen molar-refractivity contribution in [1.29, 1.82) is 0 Å². The van der Waals surface area contributed by atoms with Crippen LogP contribution in [0.3, 0.4) is 0 Å². The fraction of sp³-hybridized carbons (Fsp3) is 0.304. The molecule has 174 valence electrons. The summed E-state index contributed by atoms with van der Waals surface area (Å²) < 4.78 is 42.9. The van der Waals surface area contributed by atoms with Crippen LogP contribution in [0.1, 0.15) is 28.9 Å². The number of nitrogens with zero attached hydrogens (tertiary/aromatic N) is 2. The van der Waals surface area contributed by atoms with Gasteiger partial charge in [0.2, 0.25) is 0 Å². The van der Waals surface area contributed by atoms with Crippen LogP contribution in [0.5, 0.6) is 11.5 Å². The van der Waals surface area contributed by atoms with Crippen LogP contribution < -0.4 is 14.8 Å². The van der Waals surface area contributed by atoms with E-state index in [1.807, 2.05) is 6.92 Å². The molecule has 1 aliphatic rings. The summed E-state index contributed by atoms with van der Waals surface area (Å²) in [5, 5.41) is 6.91. The predicted molar refractivity (Wildman–Crippen MR) is 121 cm³/mol. The first-order valence-corrected chi connectivity index (χ1v) is 12.1. The van der Waals surface area contributed by atoms with Gasteiger partial charge in [-0.05, 0) is 43.3 Å². The summed E-state index contributed by atoms with van der Waals surface area (Å²) in [6.45, 7) is 2.10. The molecule has 0 saturated heterocycles. The van der Waals surface area contributed by atoms with E-state index in [9.17, 15) is 13.2 Å². The molecule has 2 heterocycles. The third kappa shape index (κ3) is 4.71. The second-order valence-electron chi connectivity index (χ2n) is 8.17. The van der Waals surface area contributed by atoms with E-state index in [0.717, 1.165) is 11.8 Å². The highest BCUT2D eigenvalue weighted by Crippen LogP contribution is 2.46. The summed E-state index contributed by atoms with van der Waals surface area (Å²) in [6.07, 6.45) is 2.35. The standard InChI is InChI=1S/C23H25N3O6S/c1-23(14-30-3)21(31-16-6-8-17(9-7-16)33(4,28)29)18-10-5-15(13-19(18)32-23)22(27)24-20-11-12-26(2)25-20/h5-13,21H,14H2,1-4H3,(H,24,25,27). The van der Waals surface area contributed by atoms with Gasteiger partial charge in [0, 0.05) is 43.8 Å².